The van der Waals surface area contributed by atoms with E-state index in [-0.39, 0.29) is 36.1 Å². The topological polar surface area (TPSA) is 75.3 Å². The number of nitrogens with one attached hydrogen (secondary N) is 2. The molecule has 0 spiro atoms. The first-order valence-corrected chi connectivity index (χ1v) is 9.76. The molecule has 0 aliphatic rings. The Kier molecular flexibility index (Phi) is 6.50. The maximum absolute atomic E-state index is 13.5. The van der Waals surface area contributed by atoms with Crippen LogP contribution >= 0.6 is 0 Å². The Balaban J connectivity index is 1.90. The molecule has 0 radical (unpaired) electrons. The van der Waals surface area contributed by atoms with Crippen molar-refractivity contribution in [2.45, 2.75) is 38.6 Å². The van der Waals surface area contributed by atoms with Crippen LogP contribution in [0, 0.1) is 26.6 Å². The Morgan fingerprint density at radius 2 is 1.69 bits per heavy atom. The molecule has 0 atom stereocenters. The second kappa shape index (κ2) is 8.42. The molecule has 0 aliphatic carbocycles. The lowest BCUT2D eigenvalue weighted by atomic mass is 10.1. The zero-order valence-corrected chi connectivity index (χ0v) is 15.9. The molecular weight excluding hydrogens is 355 g/mol. The van der Waals surface area contributed by atoms with Crippen LogP contribution in [0.5, 0.6) is 0 Å². The smallest absolute Gasteiger partial charge is 0.241 e. The van der Waals surface area contributed by atoms with Gasteiger partial charge in [0.05, 0.1) is 4.90 Å². The lowest BCUT2D eigenvalue weighted by Gasteiger charge is -2.13. The molecule has 7 heteroatoms. The van der Waals surface area contributed by atoms with Crippen LogP contribution in [-0.2, 0) is 21.4 Å². The fraction of sp³-hybridized carbons (Fsp3) is 0.316. The predicted molar refractivity (Wildman–Crippen MR) is 98.7 cm³/mol. The summed E-state index contributed by atoms with van der Waals surface area (Å²) in [5.41, 5.74) is 2.71. The number of carbonyl (C=O) groups is 1. The van der Waals surface area contributed by atoms with Gasteiger partial charge in [-0.25, -0.2) is 17.5 Å². The molecule has 2 N–H and O–H groups in total. The number of halogens is 1. The predicted octanol–water partition coefficient (Wildman–Crippen LogP) is 2.74. The Morgan fingerprint density at radius 1 is 1.08 bits per heavy atom. The second-order valence-electron chi connectivity index (χ2n) is 6.24. The zero-order valence-electron chi connectivity index (χ0n) is 15.1. The Morgan fingerprint density at radius 3 is 2.31 bits per heavy atom. The van der Waals surface area contributed by atoms with Crippen LogP contribution in [0.1, 0.15) is 28.7 Å². The third kappa shape index (κ3) is 5.12. The average Bonchev–Trinajstić information content (AvgIpc) is 2.52. The largest absolute Gasteiger partial charge is 0.352 e. The number of amides is 1. The number of benzene rings is 2. The highest BCUT2D eigenvalue weighted by atomic mass is 32.2. The van der Waals surface area contributed by atoms with Crippen molar-refractivity contribution in [3.05, 3.63) is 64.5 Å². The van der Waals surface area contributed by atoms with Crippen LogP contribution in [0.2, 0.25) is 0 Å². The van der Waals surface area contributed by atoms with Gasteiger partial charge in [0.25, 0.3) is 0 Å². The number of hydrogen-bond acceptors (Lipinski definition) is 3. The summed E-state index contributed by atoms with van der Waals surface area (Å²) in [6, 6.07) is 9.78. The summed E-state index contributed by atoms with van der Waals surface area (Å²) in [6.07, 6.45) is -0.0301. The number of hydrogen-bond donors (Lipinski definition) is 2. The first kappa shape index (κ1) is 20.1. The quantitative estimate of drug-likeness (QED) is 0.778. The van der Waals surface area contributed by atoms with E-state index in [0.29, 0.717) is 16.7 Å². The fourth-order valence-electron chi connectivity index (χ4n) is 2.89. The Bertz CT molecular complexity index is 888. The summed E-state index contributed by atoms with van der Waals surface area (Å²) in [5.74, 6) is -0.743. The van der Waals surface area contributed by atoms with Crippen molar-refractivity contribution >= 4 is 15.9 Å². The standard InChI is InChI=1S/C19H23FN2O3S/c1-13-10-14(2)19(15(3)11-13)26(24,25)22-9-8-18(23)21-12-16-6-4-5-7-17(16)20/h4-7,10-11,22H,8-9,12H2,1-3H3,(H,21,23). The Labute approximate surface area is 153 Å². The maximum Gasteiger partial charge on any atom is 0.241 e. The SMILES string of the molecule is Cc1cc(C)c(S(=O)(=O)NCCC(=O)NCc2ccccc2F)c(C)c1. The van der Waals surface area contributed by atoms with Crippen LogP contribution in [0.25, 0.3) is 0 Å². The molecule has 0 aromatic heterocycles. The molecule has 2 aromatic carbocycles. The lowest BCUT2D eigenvalue weighted by molar-refractivity contribution is -0.121. The summed E-state index contributed by atoms with van der Waals surface area (Å²) >= 11 is 0. The first-order valence-electron chi connectivity index (χ1n) is 8.28. The molecule has 0 aliphatic heterocycles. The van der Waals surface area contributed by atoms with E-state index in [2.05, 4.69) is 10.0 Å². The van der Waals surface area contributed by atoms with Gasteiger partial charge >= 0.3 is 0 Å². The minimum absolute atomic E-state index is 0.0296. The monoisotopic (exact) mass is 378 g/mol. The number of sulfonamides is 1. The van der Waals surface area contributed by atoms with Crippen LogP contribution in [0.3, 0.4) is 0 Å². The molecule has 26 heavy (non-hydrogen) atoms. The first-order chi connectivity index (χ1) is 12.2. The van der Waals surface area contributed by atoms with Crippen molar-refractivity contribution in [2.75, 3.05) is 6.54 Å². The van der Waals surface area contributed by atoms with E-state index in [0.717, 1.165) is 5.56 Å². The highest BCUT2D eigenvalue weighted by molar-refractivity contribution is 7.89. The summed E-state index contributed by atoms with van der Waals surface area (Å²) in [7, 11) is -3.70. The zero-order chi connectivity index (χ0) is 19.3. The third-order valence-corrected chi connectivity index (χ3v) is 5.72. The molecule has 5 nitrogen and oxygen atoms in total. The van der Waals surface area contributed by atoms with E-state index in [1.165, 1.54) is 6.07 Å². The number of aryl methyl sites for hydroxylation is 3. The summed E-state index contributed by atoms with van der Waals surface area (Å²) in [4.78, 5) is 12.1. The molecule has 1 amide bonds. The van der Waals surface area contributed by atoms with Gasteiger partial charge in [0.1, 0.15) is 5.82 Å². The van der Waals surface area contributed by atoms with E-state index in [1.54, 1.807) is 32.0 Å². The highest BCUT2D eigenvalue weighted by Crippen LogP contribution is 2.21. The van der Waals surface area contributed by atoms with E-state index >= 15 is 0 Å². The van der Waals surface area contributed by atoms with Gasteiger partial charge in [0, 0.05) is 25.1 Å². The lowest BCUT2D eigenvalue weighted by Crippen LogP contribution is -2.31. The normalized spacial score (nSPS) is 11.4. The van der Waals surface area contributed by atoms with Crippen LogP contribution in [-0.4, -0.2) is 20.9 Å². The fourth-order valence-corrected chi connectivity index (χ4v) is 4.37. The number of rotatable bonds is 7. The van der Waals surface area contributed by atoms with Crippen molar-refractivity contribution in [3.8, 4) is 0 Å². The average molecular weight is 378 g/mol. The minimum atomic E-state index is -3.70. The van der Waals surface area contributed by atoms with Gasteiger partial charge in [0.15, 0.2) is 0 Å². The van der Waals surface area contributed by atoms with Gasteiger partial charge in [-0.15, -0.1) is 0 Å². The molecule has 0 fully saturated rings. The molecule has 0 heterocycles. The molecule has 0 saturated heterocycles. The third-order valence-electron chi connectivity index (χ3n) is 3.95. The molecule has 0 bridgehead atoms. The van der Waals surface area contributed by atoms with Gasteiger partial charge in [-0.3, -0.25) is 4.79 Å². The van der Waals surface area contributed by atoms with Crippen molar-refractivity contribution < 1.29 is 17.6 Å². The van der Waals surface area contributed by atoms with Gasteiger partial charge < -0.3 is 5.32 Å². The highest BCUT2D eigenvalue weighted by Gasteiger charge is 2.19. The van der Waals surface area contributed by atoms with E-state index in [9.17, 15) is 17.6 Å². The van der Waals surface area contributed by atoms with Gasteiger partial charge in [-0.1, -0.05) is 35.9 Å². The van der Waals surface area contributed by atoms with E-state index in [4.69, 9.17) is 0 Å². The van der Waals surface area contributed by atoms with Crippen LogP contribution in [0.4, 0.5) is 4.39 Å². The minimum Gasteiger partial charge on any atom is -0.352 e. The molecule has 140 valence electrons. The van der Waals surface area contributed by atoms with E-state index in [1.807, 2.05) is 19.1 Å². The molecule has 2 rings (SSSR count). The van der Waals surface area contributed by atoms with Crippen molar-refractivity contribution in [1.29, 1.82) is 0 Å². The van der Waals surface area contributed by atoms with Crippen LogP contribution < -0.4 is 10.0 Å². The Hall–Kier alpha value is -2.25. The molecule has 2 aromatic rings. The van der Waals surface area contributed by atoms with Crippen molar-refractivity contribution in [1.82, 2.24) is 10.0 Å². The van der Waals surface area contributed by atoms with Gasteiger partial charge in [-0.2, -0.15) is 0 Å². The van der Waals surface area contributed by atoms with E-state index < -0.39 is 10.0 Å². The number of carbonyl (C=O) groups excluding carboxylic acids is 1. The summed E-state index contributed by atoms with van der Waals surface area (Å²) < 4.78 is 40.9. The summed E-state index contributed by atoms with van der Waals surface area (Å²) in [5, 5.41) is 2.58. The summed E-state index contributed by atoms with van der Waals surface area (Å²) in [6.45, 7) is 5.43. The van der Waals surface area contributed by atoms with Gasteiger partial charge in [-0.05, 0) is 38.0 Å². The van der Waals surface area contributed by atoms with Crippen molar-refractivity contribution in [3.63, 3.8) is 0 Å². The second-order valence-corrected chi connectivity index (χ2v) is 7.95. The molecule has 0 saturated carbocycles. The maximum atomic E-state index is 13.5. The van der Waals surface area contributed by atoms with Crippen LogP contribution in [0.15, 0.2) is 41.3 Å². The molecule has 0 unspecified atom stereocenters. The van der Waals surface area contributed by atoms with Gasteiger partial charge in [0.2, 0.25) is 15.9 Å². The van der Waals surface area contributed by atoms with Crippen molar-refractivity contribution in [2.24, 2.45) is 0 Å². The molecular formula is C19H23FN2O3S.